The molecule has 0 radical (unpaired) electrons. The SMILES string of the molecule is O=C1O[C@@]2(C3c4ccccc4-c4ccccc43)CCN3[C@H]2[C@H]1[C@@H](c1ccccc1)C31c2ccccc2-c2ccccc21. The highest BCUT2D eigenvalue weighted by Gasteiger charge is 2.78. The van der Waals surface area contributed by atoms with Crippen molar-refractivity contribution < 1.29 is 9.53 Å². The van der Waals surface area contributed by atoms with Gasteiger partial charge in [0, 0.05) is 18.9 Å². The zero-order chi connectivity index (χ0) is 27.6. The number of rotatable bonds is 2. The molecule has 3 saturated heterocycles. The van der Waals surface area contributed by atoms with Crippen molar-refractivity contribution in [1.82, 2.24) is 4.90 Å². The van der Waals surface area contributed by atoms with E-state index in [1.165, 1.54) is 50.1 Å². The van der Waals surface area contributed by atoms with Crippen molar-refractivity contribution in [2.45, 2.75) is 35.4 Å². The maximum absolute atomic E-state index is 14.5. The number of carbonyl (C=O) groups excluding carboxylic acids is 1. The summed E-state index contributed by atoms with van der Waals surface area (Å²) in [5.41, 5.74) is 10.5. The smallest absolute Gasteiger partial charge is 0.312 e. The summed E-state index contributed by atoms with van der Waals surface area (Å²) in [6.45, 7) is 0.876. The molecule has 3 fully saturated rings. The summed E-state index contributed by atoms with van der Waals surface area (Å²) in [6, 6.07) is 46.1. The Morgan fingerprint density at radius 1 is 0.619 bits per heavy atom. The van der Waals surface area contributed by atoms with Crippen molar-refractivity contribution in [3.05, 3.63) is 155 Å². The summed E-state index contributed by atoms with van der Waals surface area (Å²) in [5, 5.41) is 0. The van der Waals surface area contributed by atoms with E-state index in [-0.39, 0.29) is 29.8 Å². The maximum Gasteiger partial charge on any atom is 0.312 e. The van der Waals surface area contributed by atoms with E-state index in [2.05, 4.69) is 132 Å². The van der Waals surface area contributed by atoms with E-state index in [1.807, 2.05) is 0 Å². The van der Waals surface area contributed by atoms with Crippen LogP contribution in [0.4, 0.5) is 0 Å². The van der Waals surface area contributed by atoms with Crippen molar-refractivity contribution in [2.24, 2.45) is 5.92 Å². The van der Waals surface area contributed by atoms with Crippen LogP contribution in [0.3, 0.4) is 0 Å². The van der Waals surface area contributed by atoms with Crippen LogP contribution in [0, 0.1) is 5.92 Å². The first-order valence-electron chi connectivity index (χ1n) is 15.2. The molecule has 3 nitrogen and oxygen atoms in total. The second-order valence-electron chi connectivity index (χ2n) is 12.6. The van der Waals surface area contributed by atoms with Crippen molar-refractivity contribution >= 4 is 5.97 Å². The Balaban J connectivity index is 1.27. The number of hydrogen-bond acceptors (Lipinski definition) is 3. The van der Waals surface area contributed by atoms with Crippen LogP contribution in [0.25, 0.3) is 22.3 Å². The number of fused-ring (bicyclic) bond motifs is 9. The number of esters is 1. The molecule has 3 aliphatic heterocycles. The molecule has 0 aromatic heterocycles. The van der Waals surface area contributed by atoms with Gasteiger partial charge in [0.25, 0.3) is 0 Å². The third-order valence-corrected chi connectivity index (χ3v) is 11.2. The molecule has 5 aromatic carbocycles. The van der Waals surface area contributed by atoms with Gasteiger partial charge in [0.1, 0.15) is 5.60 Å². The van der Waals surface area contributed by atoms with E-state index in [0.29, 0.717) is 0 Å². The third-order valence-electron chi connectivity index (χ3n) is 11.2. The molecular weight excluding hydrogens is 514 g/mol. The average Bonchev–Trinajstić information content (AvgIpc) is 3.80. The summed E-state index contributed by atoms with van der Waals surface area (Å²) in [5.74, 6) is -0.365. The molecule has 0 unspecified atom stereocenters. The minimum Gasteiger partial charge on any atom is -0.456 e. The van der Waals surface area contributed by atoms with Crippen LogP contribution in [0.2, 0.25) is 0 Å². The summed E-state index contributed by atoms with van der Waals surface area (Å²) < 4.78 is 6.85. The molecule has 4 atom stereocenters. The fourth-order valence-electron chi connectivity index (χ4n) is 10.0. The zero-order valence-corrected chi connectivity index (χ0v) is 23.1. The molecule has 42 heavy (non-hydrogen) atoms. The second-order valence-corrected chi connectivity index (χ2v) is 12.6. The molecule has 0 N–H and O–H groups in total. The van der Waals surface area contributed by atoms with Gasteiger partial charge in [0.05, 0.1) is 23.4 Å². The summed E-state index contributed by atoms with van der Waals surface area (Å²) >= 11 is 0. The van der Waals surface area contributed by atoms with Crippen LogP contribution in [0.1, 0.15) is 46.1 Å². The van der Waals surface area contributed by atoms with Gasteiger partial charge in [0.2, 0.25) is 0 Å². The molecule has 10 rings (SSSR count). The average molecular weight is 544 g/mol. The van der Waals surface area contributed by atoms with Crippen LogP contribution in [-0.2, 0) is 15.1 Å². The van der Waals surface area contributed by atoms with E-state index in [1.54, 1.807) is 0 Å². The Morgan fingerprint density at radius 2 is 1.14 bits per heavy atom. The van der Waals surface area contributed by atoms with Crippen LogP contribution in [0.15, 0.2) is 127 Å². The van der Waals surface area contributed by atoms with E-state index >= 15 is 0 Å². The molecule has 0 bridgehead atoms. The lowest BCUT2D eigenvalue weighted by Gasteiger charge is -2.43. The number of carbonyl (C=O) groups is 1. The molecule has 1 spiro atoms. The van der Waals surface area contributed by atoms with E-state index in [9.17, 15) is 4.79 Å². The minimum absolute atomic E-state index is 0.00677. The predicted octanol–water partition coefficient (Wildman–Crippen LogP) is 7.51. The van der Waals surface area contributed by atoms with Crippen LogP contribution >= 0.6 is 0 Å². The Hall–Kier alpha value is -4.47. The minimum atomic E-state index is -0.631. The summed E-state index contributed by atoms with van der Waals surface area (Å²) in [6.07, 6.45) is 0.820. The Morgan fingerprint density at radius 3 is 1.76 bits per heavy atom. The van der Waals surface area contributed by atoms with Crippen molar-refractivity contribution in [3.8, 4) is 22.3 Å². The Kier molecular flexibility index (Phi) is 4.34. The highest BCUT2D eigenvalue weighted by atomic mass is 16.6. The highest BCUT2D eigenvalue weighted by molar-refractivity contribution is 5.88. The highest BCUT2D eigenvalue weighted by Crippen LogP contribution is 2.72. The van der Waals surface area contributed by atoms with Gasteiger partial charge >= 0.3 is 5.97 Å². The molecule has 0 amide bonds. The van der Waals surface area contributed by atoms with Crippen molar-refractivity contribution in [3.63, 3.8) is 0 Å². The number of hydrogen-bond donors (Lipinski definition) is 0. The molecular formula is C39H29NO2. The second kappa shape index (κ2) is 7.87. The molecule has 2 aliphatic carbocycles. The molecule has 202 valence electrons. The van der Waals surface area contributed by atoms with Crippen molar-refractivity contribution in [1.29, 1.82) is 0 Å². The quantitative estimate of drug-likeness (QED) is 0.216. The summed E-state index contributed by atoms with van der Waals surface area (Å²) in [4.78, 5) is 17.2. The first-order chi connectivity index (χ1) is 20.7. The summed E-state index contributed by atoms with van der Waals surface area (Å²) in [7, 11) is 0. The van der Waals surface area contributed by atoms with E-state index in [0.717, 1.165) is 13.0 Å². The lowest BCUT2D eigenvalue weighted by Crippen LogP contribution is -2.49. The van der Waals surface area contributed by atoms with Gasteiger partial charge < -0.3 is 4.74 Å². The molecule has 0 saturated carbocycles. The fourth-order valence-corrected chi connectivity index (χ4v) is 10.0. The molecule has 5 aliphatic rings. The number of benzene rings is 5. The lowest BCUT2D eigenvalue weighted by molar-refractivity contribution is -0.152. The van der Waals surface area contributed by atoms with Gasteiger partial charge in [-0.15, -0.1) is 0 Å². The van der Waals surface area contributed by atoms with Gasteiger partial charge in [-0.05, 0) is 50.1 Å². The molecule has 3 heteroatoms. The number of ether oxygens (including phenoxy) is 1. The van der Waals surface area contributed by atoms with Crippen LogP contribution < -0.4 is 0 Å². The Labute approximate surface area is 245 Å². The van der Waals surface area contributed by atoms with Crippen LogP contribution in [-0.4, -0.2) is 29.1 Å². The normalized spacial score (nSPS) is 27.4. The van der Waals surface area contributed by atoms with Crippen LogP contribution in [0.5, 0.6) is 0 Å². The van der Waals surface area contributed by atoms with Gasteiger partial charge in [-0.1, -0.05) is 127 Å². The molecule has 5 aromatic rings. The standard InChI is InChI=1S/C39H29NO2/c41-37-33-34(24-12-2-1-3-13-24)39(31-20-10-8-16-27(31)28-17-9-11-21-32(28)39)40-23-22-38(42-37,36(33)40)35-29-18-6-4-14-25(29)26-15-5-7-19-30(26)35/h1-21,33-36H,22-23H2/t33-,34-,36+,38-/m1/s1. The maximum atomic E-state index is 14.5. The van der Waals surface area contributed by atoms with Gasteiger partial charge in [-0.3, -0.25) is 9.69 Å². The van der Waals surface area contributed by atoms with Crippen molar-refractivity contribution in [2.75, 3.05) is 6.54 Å². The molecule has 3 heterocycles. The monoisotopic (exact) mass is 543 g/mol. The fraction of sp³-hybridized carbons (Fsp3) is 0.205. The van der Waals surface area contributed by atoms with E-state index in [4.69, 9.17) is 4.74 Å². The first-order valence-corrected chi connectivity index (χ1v) is 15.2. The van der Waals surface area contributed by atoms with Gasteiger partial charge in [-0.2, -0.15) is 0 Å². The van der Waals surface area contributed by atoms with E-state index < -0.39 is 11.1 Å². The van der Waals surface area contributed by atoms with Gasteiger partial charge in [-0.25, -0.2) is 0 Å². The Bertz CT molecular complexity index is 1850. The number of nitrogens with zero attached hydrogens (tertiary/aromatic N) is 1. The lowest BCUT2D eigenvalue weighted by atomic mass is 9.67. The zero-order valence-electron chi connectivity index (χ0n) is 23.1. The predicted molar refractivity (Wildman–Crippen MR) is 163 cm³/mol. The topological polar surface area (TPSA) is 29.5 Å². The van der Waals surface area contributed by atoms with Gasteiger partial charge in [0.15, 0.2) is 0 Å². The third kappa shape index (κ3) is 2.49. The first kappa shape index (κ1) is 23.1. The largest absolute Gasteiger partial charge is 0.456 e.